The Balaban J connectivity index is 0.00000242. The minimum absolute atomic E-state index is 0. The predicted octanol–water partition coefficient (Wildman–Crippen LogP) is 2.32. The molecule has 0 aromatic heterocycles. The second kappa shape index (κ2) is 9.27. The number of amides is 3. The van der Waals surface area contributed by atoms with Crippen LogP contribution in [0.25, 0.3) is 0 Å². The molecule has 122 valence electrons. The summed E-state index contributed by atoms with van der Waals surface area (Å²) in [6.45, 7) is 2.11. The molecule has 1 fully saturated rings. The number of nitrogens with two attached hydrogens (primary N) is 1. The molecule has 3 amide bonds. The highest BCUT2D eigenvalue weighted by atomic mass is 35.5. The van der Waals surface area contributed by atoms with Crippen LogP contribution in [0.2, 0.25) is 0 Å². The van der Waals surface area contributed by atoms with Gasteiger partial charge in [-0.15, -0.1) is 12.4 Å². The Morgan fingerprint density at radius 3 is 2.18 bits per heavy atom. The molecule has 0 aliphatic carbocycles. The Bertz CT molecular complexity index is 487. The van der Waals surface area contributed by atoms with Crippen LogP contribution in [-0.4, -0.2) is 25.0 Å². The molecular formula is C15H23ClN4O2. The van der Waals surface area contributed by atoms with Crippen LogP contribution in [-0.2, 0) is 4.79 Å². The first-order chi connectivity index (χ1) is 10.1. The third kappa shape index (κ3) is 6.32. The van der Waals surface area contributed by atoms with Crippen molar-refractivity contribution < 1.29 is 9.59 Å². The van der Waals surface area contributed by atoms with E-state index >= 15 is 0 Å². The van der Waals surface area contributed by atoms with Crippen LogP contribution in [0.3, 0.4) is 0 Å². The molecule has 1 saturated heterocycles. The summed E-state index contributed by atoms with van der Waals surface area (Å²) in [5.41, 5.74) is 6.36. The van der Waals surface area contributed by atoms with E-state index in [0.29, 0.717) is 18.0 Å². The zero-order valence-corrected chi connectivity index (χ0v) is 13.2. The van der Waals surface area contributed by atoms with Gasteiger partial charge < -0.3 is 21.7 Å². The molecular weight excluding hydrogens is 304 g/mol. The van der Waals surface area contributed by atoms with E-state index in [1.807, 2.05) is 0 Å². The largest absolute Gasteiger partial charge is 0.351 e. The van der Waals surface area contributed by atoms with Gasteiger partial charge in [-0.25, -0.2) is 4.79 Å². The molecule has 6 nitrogen and oxygen atoms in total. The molecule has 0 unspecified atom stereocenters. The molecule has 0 radical (unpaired) electrons. The number of hydrogen-bond donors (Lipinski definition) is 4. The van der Waals surface area contributed by atoms with Crippen molar-refractivity contribution in [2.75, 3.05) is 23.7 Å². The standard InChI is InChI=1S/C15H22N4O2.ClH/c16-15(21)19-13-4-2-12(3-5-13)18-14(20)6-1-11-7-9-17-10-8-11;/h2-5,11,17H,1,6-10H2,(H,18,20)(H3,16,19,21);1H. The van der Waals surface area contributed by atoms with Gasteiger partial charge in [0.15, 0.2) is 0 Å². The molecule has 22 heavy (non-hydrogen) atoms. The van der Waals surface area contributed by atoms with Gasteiger partial charge >= 0.3 is 6.03 Å². The first kappa shape index (κ1) is 18.3. The summed E-state index contributed by atoms with van der Waals surface area (Å²) < 4.78 is 0. The number of anilines is 2. The number of primary amides is 1. The number of carbonyl (C=O) groups is 2. The van der Waals surface area contributed by atoms with Crippen LogP contribution < -0.4 is 21.7 Å². The molecule has 1 aromatic rings. The summed E-state index contributed by atoms with van der Waals surface area (Å²) in [6, 6.07) is 6.29. The number of hydrogen-bond acceptors (Lipinski definition) is 3. The number of carbonyl (C=O) groups excluding carboxylic acids is 2. The van der Waals surface area contributed by atoms with Gasteiger partial charge in [0.2, 0.25) is 5.91 Å². The second-order valence-corrected chi connectivity index (χ2v) is 5.35. The van der Waals surface area contributed by atoms with Gasteiger partial charge in [-0.2, -0.15) is 0 Å². The molecule has 5 N–H and O–H groups in total. The Kier molecular flexibility index (Phi) is 7.70. The third-order valence-corrected chi connectivity index (χ3v) is 3.67. The lowest BCUT2D eigenvalue weighted by atomic mass is 9.93. The Hall–Kier alpha value is -1.79. The van der Waals surface area contributed by atoms with Crippen LogP contribution in [0.1, 0.15) is 25.7 Å². The van der Waals surface area contributed by atoms with E-state index in [9.17, 15) is 9.59 Å². The van der Waals surface area contributed by atoms with Crippen LogP contribution >= 0.6 is 12.4 Å². The van der Waals surface area contributed by atoms with E-state index in [2.05, 4.69) is 16.0 Å². The average Bonchev–Trinajstić information content (AvgIpc) is 2.48. The zero-order valence-electron chi connectivity index (χ0n) is 12.4. The number of nitrogens with one attached hydrogen (secondary N) is 3. The molecule has 1 aromatic carbocycles. The van der Waals surface area contributed by atoms with Gasteiger partial charge in [-0.05, 0) is 62.5 Å². The van der Waals surface area contributed by atoms with E-state index in [0.717, 1.165) is 38.0 Å². The smallest absolute Gasteiger partial charge is 0.316 e. The topological polar surface area (TPSA) is 96.2 Å². The highest BCUT2D eigenvalue weighted by Gasteiger charge is 2.14. The molecule has 0 spiro atoms. The number of piperidine rings is 1. The van der Waals surface area contributed by atoms with E-state index < -0.39 is 6.03 Å². The maximum atomic E-state index is 11.9. The van der Waals surface area contributed by atoms with Crippen LogP contribution in [0, 0.1) is 5.92 Å². The molecule has 1 aliphatic heterocycles. The van der Waals surface area contributed by atoms with Gasteiger partial charge in [0.1, 0.15) is 0 Å². The van der Waals surface area contributed by atoms with E-state index in [1.165, 1.54) is 0 Å². The van der Waals surface area contributed by atoms with Crippen LogP contribution in [0.15, 0.2) is 24.3 Å². The average molecular weight is 327 g/mol. The summed E-state index contributed by atoms with van der Waals surface area (Å²) in [5, 5.41) is 8.66. The predicted molar refractivity (Wildman–Crippen MR) is 90.4 cm³/mol. The zero-order chi connectivity index (χ0) is 15.1. The summed E-state index contributed by atoms with van der Waals surface area (Å²) in [4.78, 5) is 22.6. The van der Waals surface area contributed by atoms with Gasteiger partial charge in [0.05, 0.1) is 0 Å². The lowest BCUT2D eigenvalue weighted by molar-refractivity contribution is -0.116. The number of halogens is 1. The van der Waals surface area contributed by atoms with Gasteiger partial charge in [-0.3, -0.25) is 4.79 Å². The van der Waals surface area contributed by atoms with Crippen molar-refractivity contribution >= 4 is 35.7 Å². The lowest BCUT2D eigenvalue weighted by Crippen LogP contribution is -2.28. The Morgan fingerprint density at radius 2 is 1.64 bits per heavy atom. The number of rotatable bonds is 5. The monoisotopic (exact) mass is 326 g/mol. The van der Waals surface area contributed by atoms with E-state index in [-0.39, 0.29) is 18.3 Å². The summed E-state index contributed by atoms with van der Waals surface area (Å²) in [6.07, 6.45) is 3.79. The Morgan fingerprint density at radius 1 is 1.09 bits per heavy atom. The maximum Gasteiger partial charge on any atom is 0.316 e. The minimum Gasteiger partial charge on any atom is -0.351 e. The van der Waals surface area contributed by atoms with Crippen LogP contribution in [0.4, 0.5) is 16.2 Å². The molecule has 2 rings (SSSR count). The SMILES string of the molecule is Cl.NC(=O)Nc1ccc(NC(=O)CCC2CCNCC2)cc1. The first-order valence-electron chi connectivity index (χ1n) is 7.30. The molecule has 0 saturated carbocycles. The van der Waals surface area contributed by atoms with E-state index in [1.54, 1.807) is 24.3 Å². The van der Waals surface area contributed by atoms with E-state index in [4.69, 9.17) is 5.73 Å². The molecule has 1 aliphatic rings. The number of urea groups is 1. The summed E-state index contributed by atoms with van der Waals surface area (Å²) in [5.74, 6) is 0.684. The van der Waals surface area contributed by atoms with Crippen molar-refractivity contribution in [3.63, 3.8) is 0 Å². The summed E-state index contributed by atoms with van der Waals surface area (Å²) >= 11 is 0. The molecule has 1 heterocycles. The second-order valence-electron chi connectivity index (χ2n) is 5.35. The highest BCUT2D eigenvalue weighted by Crippen LogP contribution is 2.19. The van der Waals surface area contributed by atoms with Crippen molar-refractivity contribution in [3.8, 4) is 0 Å². The van der Waals surface area contributed by atoms with Gasteiger partial charge in [-0.1, -0.05) is 0 Å². The van der Waals surface area contributed by atoms with Crippen molar-refractivity contribution in [1.29, 1.82) is 0 Å². The molecule has 7 heteroatoms. The minimum atomic E-state index is -0.603. The fraction of sp³-hybridized carbons (Fsp3) is 0.467. The molecule has 0 bridgehead atoms. The lowest BCUT2D eigenvalue weighted by Gasteiger charge is -2.22. The highest BCUT2D eigenvalue weighted by molar-refractivity contribution is 5.91. The maximum absolute atomic E-state index is 11.9. The first-order valence-corrected chi connectivity index (χ1v) is 7.30. The fourth-order valence-electron chi connectivity index (χ4n) is 2.51. The fourth-order valence-corrected chi connectivity index (χ4v) is 2.51. The quantitative estimate of drug-likeness (QED) is 0.668. The third-order valence-electron chi connectivity index (χ3n) is 3.67. The summed E-state index contributed by atoms with van der Waals surface area (Å²) in [7, 11) is 0. The molecule has 0 atom stereocenters. The van der Waals surface area contributed by atoms with Gasteiger partial charge in [0, 0.05) is 17.8 Å². The van der Waals surface area contributed by atoms with Crippen molar-refractivity contribution in [2.24, 2.45) is 11.7 Å². The number of benzene rings is 1. The van der Waals surface area contributed by atoms with Crippen molar-refractivity contribution in [1.82, 2.24) is 5.32 Å². The van der Waals surface area contributed by atoms with Crippen molar-refractivity contribution in [2.45, 2.75) is 25.7 Å². The van der Waals surface area contributed by atoms with Gasteiger partial charge in [0.25, 0.3) is 0 Å². The van der Waals surface area contributed by atoms with Crippen molar-refractivity contribution in [3.05, 3.63) is 24.3 Å². The van der Waals surface area contributed by atoms with Crippen LogP contribution in [0.5, 0.6) is 0 Å². The Labute approximate surface area is 136 Å². The normalized spacial score (nSPS) is 14.7.